The molecule has 110 valence electrons. The second-order valence-electron chi connectivity index (χ2n) is 4.67. The van der Waals surface area contributed by atoms with Gasteiger partial charge >= 0.3 is 5.92 Å². The van der Waals surface area contributed by atoms with Gasteiger partial charge in [-0.25, -0.2) is 8.78 Å². The zero-order valence-corrected chi connectivity index (χ0v) is 11.2. The summed E-state index contributed by atoms with van der Waals surface area (Å²) in [5.41, 5.74) is -3.21. The Morgan fingerprint density at radius 3 is 2.48 bits per heavy atom. The van der Waals surface area contributed by atoms with Crippen molar-refractivity contribution in [1.82, 2.24) is 4.98 Å². The molecule has 1 atom stereocenters. The fourth-order valence-electron chi connectivity index (χ4n) is 2.18. The maximum absolute atomic E-state index is 14.6. The third-order valence-corrected chi connectivity index (χ3v) is 3.59. The van der Waals surface area contributed by atoms with Crippen LogP contribution in [0.3, 0.4) is 0 Å². The van der Waals surface area contributed by atoms with Crippen LogP contribution in [0.15, 0.2) is 36.5 Å². The highest BCUT2D eigenvalue weighted by Crippen LogP contribution is 2.56. The molecule has 21 heavy (non-hydrogen) atoms. The highest BCUT2D eigenvalue weighted by Gasteiger charge is 2.68. The Morgan fingerprint density at radius 1 is 1.19 bits per heavy atom. The number of benzene rings is 1. The minimum atomic E-state index is -3.60. The van der Waals surface area contributed by atoms with Gasteiger partial charge in [0.05, 0.1) is 6.61 Å². The minimum Gasteiger partial charge on any atom is -0.357 e. The van der Waals surface area contributed by atoms with Gasteiger partial charge in [0, 0.05) is 22.8 Å². The van der Waals surface area contributed by atoms with E-state index in [1.807, 2.05) is 0 Å². The number of nitrogens with zero attached hydrogens (tertiary/aromatic N) is 1. The number of halogens is 5. The molecule has 1 aromatic heterocycles. The summed E-state index contributed by atoms with van der Waals surface area (Å²) >= 11 is 5.68. The fraction of sp³-hybridized carbons (Fsp3) is 0.214. The van der Waals surface area contributed by atoms with Crippen LogP contribution in [0.4, 0.5) is 17.6 Å². The lowest BCUT2D eigenvalue weighted by Gasteiger charge is -2.24. The third-order valence-electron chi connectivity index (χ3n) is 3.35. The largest absolute Gasteiger partial charge is 0.357 e. The van der Waals surface area contributed by atoms with Crippen molar-refractivity contribution < 1.29 is 22.3 Å². The van der Waals surface area contributed by atoms with Gasteiger partial charge in [0.25, 0.3) is 0 Å². The number of hydrogen-bond acceptors (Lipinski definition) is 2. The Kier molecular flexibility index (Phi) is 3.18. The van der Waals surface area contributed by atoms with E-state index in [9.17, 15) is 17.6 Å². The summed E-state index contributed by atoms with van der Waals surface area (Å²) in [4.78, 5) is 3.58. The van der Waals surface area contributed by atoms with Crippen LogP contribution < -0.4 is 0 Å². The Bertz CT molecular complexity index is 703. The Hall–Kier alpha value is -1.66. The first kappa shape index (κ1) is 14.3. The molecule has 7 heteroatoms. The Balaban J connectivity index is 2.09. The third kappa shape index (κ3) is 2.18. The lowest BCUT2D eigenvalue weighted by molar-refractivity contribution is -0.0901. The van der Waals surface area contributed by atoms with Gasteiger partial charge in [-0.05, 0) is 24.3 Å². The number of hydrogen-bond donors (Lipinski definition) is 0. The van der Waals surface area contributed by atoms with Crippen molar-refractivity contribution in [2.24, 2.45) is 0 Å². The first-order valence-electron chi connectivity index (χ1n) is 5.96. The Labute approximate surface area is 122 Å². The summed E-state index contributed by atoms with van der Waals surface area (Å²) in [6.45, 7) is -0.392. The molecule has 2 nitrogen and oxygen atoms in total. The van der Waals surface area contributed by atoms with Gasteiger partial charge in [-0.1, -0.05) is 11.6 Å². The zero-order valence-electron chi connectivity index (χ0n) is 10.4. The maximum Gasteiger partial charge on any atom is 0.324 e. The van der Waals surface area contributed by atoms with Crippen molar-refractivity contribution in [2.45, 2.75) is 11.5 Å². The van der Waals surface area contributed by atoms with E-state index in [1.54, 1.807) is 0 Å². The smallest absolute Gasteiger partial charge is 0.324 e. The molecule has 0 N–H and O–H groups in total. The SMILES string of the molecule is Fc1ccc(C2(C(F)(F)c3cc(Cl)ccn3)CO2)c(F)c1. The summed E-state index contributed by atoms with van der Waals surface area (Å²) in [7, 11) is 0. The molecule has 0 spiro atoms. The van der Waals surface area contributed by atoms with Crippen LogP contribution in [0, 0.1) is 11.6 Å². The van der Waals surface area contributed by atoms with E-state index in [0.29, 0.717) is 6.07 Å². The van der Waals surface area contributed by atoms with Crippen LogP contribution in [0.2, 0.25) is 5.02 Å². The average Bonchev–Trinajstić information content (AvgIpc) is 3.20. The van der Waals surface area contributed by atoms with Gasteiger partial charge in [0.15, 0.2) is 5.60 Å². The van der Waals surface area contributed by atoms with E-state index in [4.69, 9.17) is 16.3 Å². The van der Waals surface area contributed by atoms with Crippen molar-refractivity contribution in [3.63, 3.8) is 0 Å². The lowest BCUT2D eigenvalue weighted by atomic mass is 9.90. The second-order valence-corrected chi connectivity index (χ2v) is 5.11. The first-order valence-corrected chi connectivity index (χ1v) is 6.34. The number of rotatable bonds is 3. The molecular weight excluding hydrogens is 310 g/mol. The zero-order chi connectivity index (χ0) is 15.3. The lowest BCUT2D eigenvalue weighted by Crippen LogP contribution is -2.34. The van der Waals surface area contributed by atoms with E-state index in [2.05, 4.69) is 4.98 Å². The summed E-state index contributed by atoms with van der Waals surface area (Å²) in [6.07, 6.45) is 1.13. The minimum absolute atomic E-state index is 0.0788. The number of pyridine rings is 1. The van der Waals surface area contributed by atoms with Crippen LogP contribution in [0.25, 0.3) is 0 Å². The standard InChI is InChI=1S/C14H8ClF4NO/c15-8-3-4-20-12(5-8)14(18,19)13(7-21-13)10-2-1-9(16)6-11(10)17/h1-6H,7H2. The molecule has 1 aromatic carbocycles. The Morgan fingerprint density at radius 2 is 1.90 bits per heavy atom. The van der Waals surface area contributed by atoms with Crippen LogP contribution in [-0.2, 0) is 16.3 Å². The number of aromatic nitrogens is 1. The summed E-state index contributed by atoms with van der Waals surface area (Å²) in [5, 5.41) is 0.0788. The van der Waals surface area contributed by atoms with Gasteiger partial charge in [-0.15, -0.1) is 0 Å². The van der Waals surface area contributed by atoms with Crippen LogP contribution in [0.1, 0.15) is 11.3 Å². The quantitative estimate of drug-likeness (QED) is 0.631. The van der Waals surface area contributed by atoms with E-state index in [1.165, 1.54) is 6.07 Å². The molecule has 1 aliphatic heterocycles. The van der Waals surface area contributed by atoms with Crippen molar-refractivity contribution in [2.75, 3.05) is 6.61 Å². The molecule has 1 fully saturated rings. The summed E-state index contributed by atoms with van der Waals surface area (Å²) in [5.74, 6) is -5.54. The van der Waals surface area contributed by atoms with Crippen molar-refractivity contribution in [3.05, 3.63) is 64.4 Å². The predicted octanol–water partition coefficient (Wildman–Crippen LogP) is 4.03. The number of epoxide rings is 1. The monoisotopic (exact) mass is 317 g/mol. The molecule has 1 saturated heterocycles. The molecule has 0 aliphatic carbocycles. The van der Waals surface area contributed by atoms with Gasteiger partial charge < -0.3 is 4.74 Å². The normalized spacial score (nSPS) is 21.4. The molecule has 0 amide bonds. The van der Waals surface area contributed by atoms with Gasteiger partial charge in [-0.2, -0.15) is 8.78 Å². The van der Waals surface area contributed by atoms with Gasteiger partial charge in [-0.3, -0.25) is 4.98 Å². The van der Waals surface area contributed by atoms with E-state index < -0.39 is 41.0 Å². The topological polar surface area (TPSA) is 25.4 Å². The maximum atomic E-state index is 14.6. The molecule has 2 aromatic rings. The molecule has 1 unspecified atom stereocenters. The molecule has 0 saturated carbocycles. The predicted molar refractivity (Wildman–Crippen MR) is 67.1 cm³/mol. The fourth-order valence-corrected chi connectivity index (χ4v) is 2.34. The highest BCUT2D eigenvalue weighted by molar-refractivity contribution is 6.30. The van der Waals surface area contributed by atoms with Crippen molar-refractivity contribution >= 4 is 11.6 Å². The van der Waals surface area contributed by atoms with Crippen LogP contribution in [0.5, 0.6) is 0 Å². The van der Waals surface area contributed by atoms with Crippen molar-refractivity contribution in [1.29, 1.82) is 0 Å². The summed E-state index contributed by atoms with van der Waals surface area (Å²) in [6, 6.07) is 4.74. The van der Waals surface area contributed by atoms with Crippen molar-refractivity contribution in [3.8, 4) is 0 Å². The van der Waals surface area contributed by atoms with E-state index in [0.717, 1.165) is 24.4 Å². The second kappa shape index (κ2) is 4.68. The number of ether oxygens (including phenoxy) is 1. The van der Waals surface area contributed by atoms with E-state index in [-0.39, 0.29) is 5.02 Å². The molecule has 0 bridgehead atoms. The van der Waals surface area contributed by atoms with Gasteiger partial charge in [0.1, 0.15) is 17.3 Å². The summed E-state index contributed by atoms with van der Waals surface area (Å²) < 4.78 is 60.9. The number of alkyl halides is 2. The van der Waals surface area contributed by atoms with Crippen LogP contribution >= 0.6 is 11.6 Å². The molecule has 1 aliphatic rings. The van der Waals surface area contributed by atoms with Crippen LogP contribution in [-0.4, -0.2) is 11.6 Å². The molecular formula is C14H8ClF4NO. The van der Waals surface area contributed by atoms with E-state index >= 15 is 0 Å². The molecule has 3 rings (SSSR count). The van der Waals surface area contributed by atoms with Gasteiger partial charge in [0.2, 0.25) is 0 Å². The first-order chi connectivity index (χ1) is 9.87. The molecule has 0 radical (unpaired) electrons. The average molecular weight is 318 g/mol. The highest BCUT2D eigenvalue weighted by atomic mass is 35.5. The molecule has 2 heterocycles.